The number of hydrazone groups is 1. The van der Waals surface area contributed by atoms with E-state index < -0.39 is 0 Å². The molecule has 1 aromatic carbocycles. The van der Waals surface area contributed by atoms with E-state index >= 15 is 0 Å². The lowest BCUT2D eigenvalue weighted by atomic mass is 10.2. The van der Waals surface area contributed by atoms with Gasteiger partial charge in [0.15, 0.2) is 5.11 Å². The van der Waals surface area contributed by atoms with Gasteiger partial charge in [0.05, 0.1) is 33.1 Å². The molecule has 0 atom stereocenters. The lowest BCUT2D eigenvalue weighted by molar-refractivity contribution is 0.374. The Labute approximate surface area is 130 Å². The van der Waals surface area contributed by atoms with Crippen LogP contribution >= 0.6 is 12.2 Å². The van der Waals surface area contributed by atoms with Crippen molar-refractivity contribution < 1.29 is 14.2 Å². The first-order chi connectivity index (χ1) is 10.0. The summed E-state index contributed by atoms with van der Waals surface area (Å²) in [5.41, 5.74) is 3.44. The molecule has 21 heavy (non-hydrogen) atoms. The first-order valence-corrected chi connectivity index (χ1v) is 6.82. The van der Waals surface area contributed by atoms with Crippen LogP contribution in [0.1, 0.15) is 19.4 Å². The van der Waals surface area contributed by atoms with Crippen LogP contribution in [0.4, 0.5) is 0 Å². The monoisotopic (exact) mass is 311 g/mol. The Morgan fingerprint density at radius 1 is 1.14 bits per heavy atom. The largest absolute Gasteiger partial charge is 0.496 e. The number of rotatable bonds is 6. The highest BCUT2D eigenvalue weighted by atomic mass is 32.1. The standard InChI is InChI=1S/C14H21N3O3S/c1-9(2)16-14(21)17-15-8-11-12(19-4)6-10(18-3)7-13(11)20-5/h6-9H,1-5H3,(H2,16,17,21)/b15-8-. The Kier molecular flexibility index (Phi) is 6.74. The molecular formula is C14H21N3O3S. The van der Waals surface area contributed by atoms with Crippen LogP contribution in [0, 0.1) is 0 Å². The van der Waals surface area contributed by atoms with Gasteiger partial charge in [-0.2, -0.15) is 5.10 Å². The van der Waals surface area contributed by atoms with Crippen LogP contribution in [0.5, 0.6) is 17.2 Å². The molecule has 6 nitrogen and oxygen atoms in total. The molecule has 0 saturated carbocycles. The van der Waals surface area contributed by atoms with Gasteiger partial charge in [-0.3, -0.25) is 5.43 Å². The lowest BCUT2D eigenvalue weighted by Crippen LogP contribution is -2.36. The molecule has 0 unspecified atom stereocenters. The van der Waals surface area contributed by atoms with Crippen LogP contribution in [-0.4, -0.2) is 38.7 Å². The summed E-state index contributed by atoms with van der Waals surface area (Å²) in [7, 11) is 4.73. The topological polar surface area (TPSA) is 64.1 Å². The number of methoxy groups -OCH3 is 3. The quantitative estimate of drug-likeness (QED) is 0.475. The molecule has 0 aromatic heterocycles. The van der Waals surface area contributed by atoms with E-state index in [1.165, 1.54) is 0 Å². The molecule has 0 amide bonds. The van der Waals surface area contributed by atoms with Gasteiger partial charge in [-0.15, -0.1) is 0 Å². The zero-order chi connectivity index (χ0) is 15.8. The second-order valence-corrected chi connectivity index (χ2v) is 4.85. The van der Waals surface area contributed by atoms with Crippen LogP contribution in [0.2, 0.25) is 0 Å². The molecule has 7 heteroatoms. The van der Waals surface area contributed by atoms with Crippen LogP contribution in [-0.2, 0) is 0 Å². The van der Waals surface area contributed by atoms with Crippen LogP contribution in [0.25, 0.3) is 0 Å². The van der Waals surface area contributed by atoms with E-state index in [0.717, 1.165) is 0 Å². The fraction of sp³-hybridized carbons (Fsp3) is 0.429. The van der Waals surface area contributed by atoms with E-state index in [4.69, 9.17) is 26.4 Å². The molecule has 0 heterocycles. The zero-order valence-corrected chi connectivity index (χ0v) is 13.7. The minimum Gasteiger partial charge on any atom is -0.496 e. The normalized spacial score (nSPS) is 10.6. The predicted octanol–water partition coefficient (Wildman–Crippen LogP) is 1.92. The maximum absolute atomic E-state index is 5.32. The summed E-state index contributed by atoms with van der Waals surface area (Å²) < 4.78 is 15.8. The smallest absolute Gasteiger partial charge is 0.187 e. The van der Waals surface area contributed by atoms with Gasteiger partial charge in [-0.25, -0.2) is 0 Å². The predicted molar refractivity (Wildman–Crippen MR) is 87.7 cm³/mol. The molecule has 0 aliphatic carbocycles. The van der Waals surface area contributed by atoms with Crippen molar-refractivity contribution in [3.63, 3.8) is 0 Å². The Bertz CT molecular complexity index is 493. The van der Waals surface area contributed by atoms with Crippen LogP contribution in [0.15, 0.2) is 17.2 Å². The number of benzene rings is 1. The molecule has 0 spiro atoms. The second-order valence-electron chi connectivity index (χ2n) is 4.44. The van der Waals surface area contributed by atoms with Crippen molar-refractivity contribution in [2.24, 2.45) is 5.10 Å². The van der Waals surface area contributed by atoms with E-state index in [-0.39, 0.29) is 6.04 Å². The van der Waals surface area contributed by atoms with Gasteiger partial charge in [-0.05, 0) is 26.1 Å². The molecule has 116 valence electrons. The zero-order valence-electron chi connectivity index (χ0n) is 12.9. The van der Waals surface area contributed by atoms with Gasteiger partial charge in [0.25, 0.3) is 0 Å². The van der Waals surface area contributed by atoms with Gasteiger partial charge in [-0.1, -0.05) is 0 Å². The molecule has 0 saturated heterocycles. The molecule has 0 bridgehead atoms. The average molecular weight is 311 g/mol. The van der Waals surface area contributed by atoms with Gasteiger partial charge in [0, 0.05) is 18.2 Å². The third-order valence-electron chi connectivity index (χ3n) is 2.53. The van der Waals surface area contributed by atoms with E-state index in [2.05, 4.69) is 15.8 Å². The molecule has 1 aromatic rings. The molecule has 2 N–H and O–H groups in total. The van der Waals surface area contributed by atoms with Crippen molar-refractivity contribution in [3.8, 4) is 17.2 Å². The van der Waals surface area contributed by atoms with Crippen molar-refractivity contribution in [1.29, 1.82) is 0 Å². The minimum atomic E-state index is 0.241. The van der Waals surface area contributed by atoms with Gasteiger partial charge in [0.2, 0.25) is 0 Å². The number of hydrogen-bond donors (Lipinski definition) is 2. The number of hydrogen-bond acceptors (Lipinski definition) is 5. The Morgan fingerprint density at radius 3 is 2.14 bits per heavy atom. The fourth-order valence-electron chi connectivity index (χ4n) is 1.61. The van der Waals surface area contributed by atoms with Crippen molar-refractivity contribution in [3.05, 3.63) is 17.7 Å². The fourth-order valence-corrected chi connectivity index (χ4v) is 1.90. The first-order valence-electron chi connectivity index (χ1n) is 6.41. The van der Waals surface area contributed by atoms with Crippen molar-refractivity contribution >= 4 is 23.5 Å². The van der Waals surface area contributed by atoms with Gasteiger partial charge < -0.3 is 19.5 Å². The van der Waals surface area contributed by atoms with Crippen LogP contribution in [0.3, 0.4) is 0 Å². The molecule has 0 radical (unpaired) electrons. The highest BCUT2D eigenvalue weighted by Crippen LogP contribution is 2.32. The van der Waals surface area contributed by atoms with Crippen molar-refractivity contribution in [1.82, 2.24) is 10.7 Å². The molecule has 0 fully saturated rings. The minimum absolute atomic E-state index is 0.241. The number of nitrogens with zero attached hydrogens (tertiary/aromatic N) is 1. The van der Waals surface area contributed by atoms with E-state index in [1.807, 2.05) is 13.8 Å². The second kappa shape index (κ2) is 8.31. The van der Waals surface area contributed by atoms with Crippen molar-refractivity contribution in [2.75, 3.05) is 21.3 Å². The Hall–Kier alpha value is -2.02. The van der Waals surface area contributed by atoms with Gasteiger partial charge in [0.1, 0.15) is 17.2 Å². The molecule has 0 aliphatic heterocycles. The summed E-state index contributed by atoms with van der Waals surface area (Å²) >= 11 is 5.09. The summed E-state index contributed by atoms with van der Waals surface area (Å²) in [4.78, 5) is 0. The van der Waals surface area contributed by atoms with E-state index in [9.17, 15) is 0 Å². The average Bonchev–Trinajstić information content (AvgIpc) is 2.46. The maximum atomic E-state index is 5.32. The highest BCUT2D eigenvalue weighted by molar-refractivity contribution is 7.80. The Morgan fingerprint density at radius 2 is 1.71 bits per heavy atom. The summed E-state index contributed by atoms with van der Waals surface area (Å²) in [6.45, 7) is 3.99. The number of thiocarbonyl (C=S) groups is 1. The van der Waals surface area contributed by atoms with Gasteiger partial charge >= 0.3 is 0 Å². The lowest BCUT2D eigenvalue weighted by Gasteiger charge is -2.12. The van der Waals surface area contributed by atoms with Crippen molar-refractivity contribution in [2.45, 2.75) is 19.9 Å². The summed E-state index contributed by atoms with van der Waals surface area (Å²) in [5.74, 6) is 1.84. The Balaban J connectivity index is 2.93. The van der Waals surface area contributed by atoms with Crippen LogP contribution < -0.4 is 25.0 Å². The highest BCUT2D eigenvalue weighted by Gasteiger charge is 2.11. The summed E-state index contributed by atoms with van der Waals surface area (Å²) in [6, 6.07) is 3.76. The first kappa shape index (κ1) is 17.0. The maximum Gasteiger partial charge on any atom is 0.187 e. The van der Waals surface area contributed by atoms with E-state index in [1.54, 1.807) is 39.7 Å². The van der Waals surface area contributed by atoms with E-state index in [0.29, 0.717) is 27.9 Å². The molecular weight excluding hydrogens is 290 g/mol. The third kappa shape index (κ3) is 5.11. The summed E-state index contributed by atoms with van der Waals surface area (Å²) in [6.07, 6.45) is 1.59. The molecule has 1 rings (SSSR count). The SMILES string of the molecule is COc1cc(OC)c(/C=N\NC(=S)NC(C)C)c(OC)c1. The number of ether oxygens (including phenoxy) is 3. The summed E-state index contributed by atoms with van der Waals surface area (Å²) in [5, 5.41) is 7.57. The number of nitrogens with one attached hydrogen (secondary N) is 2. The molecule has 0 aliphatic rings. The third-order valence-corrected chi connectivity index (χ3v) is 2.74.